The Kier molecular flexibility index (Phi) is 7.12. The molecule has 1 atom stereocenters. The number of hydrogen-bond donors (Lipinski definition) is 4. The minimum atomic E-state index is -1.02. The minimum absolute atomic E-state index is 0.0474. The molecule has 0 radical (unpaired) electrons. The summed E-state index contributed by atoms with van der Waals surface area (Å²) in [5.74, 6) is -2.32. The lowest BCUT2D eigenvalue weighted by molar-refractivity contribution is -0.141. The summed E-state index contributed by atoms with van der Waals surface area (Å²) in [6, 6.07) is 11.7. The average molecular weight is 372 g/mol. The van der Waals surface area contributed by atoms with E-state index in [0.29, 0.717) is 5.76 Å². The highest BCUT2D eigenvalue weighted by Crippen LogP contribution is 2.16. The van der Waals surface area contributed by atoms with Gasteiger partial charge in [-0.1, -0.05) is 30.3 Å². The number of carbonyl (C=O) groups is 4. The molecule has 1 aromatic carbocycles. The summed E-state index contributed by atoms with van der Waals surface area (Å²) < 4.78 is 5.03. The van der Waals surface area contributed by atoms with Crippen LogP contribution in [0, 0.1) is 0 Å². The Balaban J connectivity index is 1.81. The van der Waals surface area contributed by atoms with Gasteiger partial charge in [-0.15, -0.1) is 0 Å². The number of amides is 4. The van der Waals surface area contributed by atoms with Crippen LogP contribution in [0.3, 0.4) is 0 Å². The predicted molar refractivity (Wildman–Crippen MR) is 94.5 cm³/mol. The number of hydrogen-bond acceptors (Lipinski definition) is 5. The monoisotopic (exact) mass is 372 g/mol. The van der Waals surface area contributed by atoms with Crippen molar-refractivity contribution in [2.24, 2.45) is 0 Å². The molecule has 0 saturated heterocycles. The first-order valence-corrected chi connectivity index (χ1v) is 8.17. The molecular weight excluding hydrogens is 352 g/mol. The van der Waals surface area contributed by atoms with Crippen LogP contribution in [0.2, 0.25) is 0 Å². The van der Waals surface area contributed by atoms with E-state index in [0.717, 1.165) is 5.56 Å². The molecule has 9 nitrogen and oxygen atoms in total. The van der Waals surface area contributed by atoms with Crippen LogP contribution in [-0.2, 0) is 25.7 Å². The second-order valence-electron chi connectivity index (χ2n) is 5.63. The van der Waals surface area contributed by atoms with Crippen molar-refractivity contribution in [3.05, 3.63) is 60.1 Å². The number of hydrazine groups is 1. The van der Waals surface area contributed by atoms with Crippen molar-refractivity contribution in [3.8, 4) is 0 Å². The first-order chi connectivity index (χ1) is 13.0. The molecule has 0 spiro atoms. The Hall–Kier alpha value is -3.62. The zero-order valence-corrected chi connectivity index (χ0v) is 14.7. The third-order valence-corrected chi connectivity index (χ3v) is 3.49. The maximum absolute atomic E-state index is 12.1. The van der Waals surface area contributed by atoms with Gasteiger partial charge in [0, 0.05) is 6.92 Å². The molecule has 0 aliphatic rings. The Labute approximate surface area is 155 Å². The number of carbonyl (C=O) groups excluding carboxylic acids is 4. The molecule has 1 aromatic heterocycles. The molecule has 0 aliphatic carbocycles. The van der Waals surface area contributed by atoms with E-state index in [1.54, 1.807) is 36.4 Å². The number of rotatable bonds is 6. The highest BCUT2D eigenvalue weighted by Gasteiger charge is 2.19. The van der Waals surface area contributed by atoms with Gasteiger partial charge >= 0.3 is 11.8 Å². The molecule has 1 heterocycles. The molecule has 142 valence electrons. The van der Waals surface area contributed by atoms with E-state index in [1.165, 1.54) is 13.2 Å². The van der Waals surface area contributed by atoms with Gasteiger partial charge in [0.15, 0.2) is 0 Å². The molecule has 0 saturated carbocycles. The smallest absolute Gasteiger partial charge is 0.327 e. The van der Waals surface area contributed by atoms with Gasteiger partial charge in [0.05, 0.1) is 25.3 Å². The van der Waals surface area contributed by atoms with Crippen LogP contribution in [0.1, 0.15) is 30.7 Å². The van der Waals surface area contributed by atoms with Crippen molar-refractivity contribution >= 4 is 23.6 Å². The fourth-order valence-electron chi connectivity index (χ4n) is 2.26. The Morgan fingerprint density at radius 1 is 0.963 bits per heavy atom. The average Bonchev–Trinajstić information content (AvgIpc) is 3.17. The third-order valence-electron chi connectivity index (χ3n) is 3.49. The highest BCUT2D eigenvalue weighted by atomic mass is 16.3. The van der Waals surface area contributed by atoms with Crippen molar-refractivity contribution in [1.82, 2.24) is 21.5 Å². The molecule has 0 fully saturated rings. The second-order valence-corrected chi connectivity index (χ2v) is 5.63. The molecule has 27 heavy (non-hydrogen) atoms. The van der Waals surface area contributed by atoms with E-state index in [9.17, 15) is 19.2 Å². The Morgan fingerprint density at radius 2 is 1.70 bits per heavy atom. The van der Waals surface area contributed by atoms with Crippen molar-refractivity contribution in [2.45, 2.75) is 25.9 Å². The van der Waals surface area contributed by atoms with Crippen LogP contribution >= 0.6 is 0 Å². The standard InChI is InChI=1S/C18H20N4O5/c1-12(23)20-15(13-6-3-2-4-7-13)10-16(24)21-22-18(26)17(25)19-11-14-8-5-9-27-14/h2-9,15H,10-11H2,1H3,(H,19,25)(H,20,23)(H,21,24)(H,22,26)/t15-/m1/s1. The molecular formula is C18H20N4O5. The van der Waals surface area contributed by atoms with Gasteiger partial charge in [-0.25, -0.2) is 0 Å². The molecule has 0 unspecified atom stereocenters. The fraction of sp³-hybridized carbons (Fsp3) is 0.222. The van der Waals surface area contributed by atoms with E-state index in [-0.39, 0.29) is 18.9 Å². The van der Waals surface area contributed by atoms with Crippen molar-refractivity contribution in [2.75, 3.05) is 0 Å². The lowest BCUT2D eigenvalue weighted by Gasteiger charge is -2.18. The normalized spacial score (nSPS) is 11.1. The van der Waals surface area contributed by atoms with Crippen molar-refractivity contribution in [1.29, 1.82) is 0 Å². The molecule has 0 aliphatic heterocycles. The zero-order valence-electron chi connectivity index (χ0n) is 14.7. The maximum atomic E-state index is 12.1. The Morgan fingerprint density at radius 3 is 2.33 bits per heavy atom. The lowest BCUT2D eigenvalue weighted by Crippen LogP contribution is -2.49. The van der Waals surface area contributed by atoms with E-state index >= 15 is 0 Å². The van der Waals surface area contributed by atoms with E-state index in [1.807, 2.05) is 11.5 Å². The summed E-state index contributed by atoms with van der Waals surface area (Å²) in [4.78, 5) is 46.8. The fourth-order valence-corrected chi connectivity index (χ4v) is 2.26. The Bertz CT molecular complexity index is 789. The molecule has 9 heteroatoms. The first-order valence-electron chi connectivity index (χ1n) is 8.17. The van der Waals surface area contributed by atoms with Gasteiger partial charge in [0.2, 0.25) is 11.8 Å². The van der Waals surface area contributed by atoms with E-state index in [2.05, 4.69) is 16.1 Å². The first kappa shape index (κ1) is 19.7. The molecule has 2 aromatic rings. The van der Waals surface area contributed by atoms with Crippen molar-refractivity contribution < 1.29 is 23.6 Å². The van der Waals surface area contributed by atoms with Gasteiger partial charge in [-0.05, 0) is 17.7 Å². The quantitative estimate of drug-likeness (QED) is 0.428. The molecule has 2 rings (SSSR count). The largest absolute Gasteiger partial charge is 0.467 e. The zero-order chi connectivity index (χ0) is 19.6. The van der Waals surface area contributed by atoms with E-state index < -0.39 is 23.8 Å². The summed E-state index contributed by atoms with van der Waals surface area (Å²) in [6.45, 7) is 1.39. The maximum Gasteiger partial charge on any atom is 0.327 e. The van der Waals surface area contributed by atoms with Crippen molar-refractivity contribution in [3.63, 3.8) is 0 Å². The SMILES string of the molecule is CC(=O)N[C@H](CC(=O)NNC(=O)C(=O)NCc1ccco1)c1ccccc1. The van der Waals surface area contributed by atoms with Crippen LogP contribution in [0.25, 0.3) is 0 Å². The van der Waals surface area contributed by atoms with Crippen LogP contribution in [0.5, 0.6) is 0 Å². The number of benzene rings is 1. The van der Waals surface area contributed by atoms with Crippen LogP contribution in [-0.4, -0.2) is 23.6 Å². The molecule has 4 N–H and O–H groups in total. The van der Waals surface area contributed by atoms with E-state index in [4.69, 9.17) is 4.42 Å². The highest BCUT2D eigenvalue weighted by molar-refractivity contribution is 6.35. The van der Waals surface area contributed by atoms with Gasteiger partial charge in [-0.3, -0.25) is 30.0 Å². The number of nitrogens with one attached hydrogen (secondary N) is 4. The third kappa shape index (κ3) is 6.65. The molecule has 0 bridgehead atoms. The summed E-state index contributed by atoms with van der Waals surface area (Å²) in [5.41, 5.74) is 4.93. The number of furan rings is 1. The summed E-state index contributed by atoms with van der Waals surface area (Å²) in [6.07, 6.45) is 1.33. The second kappa shape index (κ2) is 9.76. The van der Waals surface area contributed by atoms with Crippen LogP contribution in [0.15, 0.2) is 53.1 Å². The summed E-state index contributed by atoms with van der Waals surface area (Å²) in [5, 5.41) is 5.02. The van der Waals surface area contributed by atoms with Crippen LogP contribution < -0.4 is 21.5 Å². The van der Waals surface area contributed by atoms with Gasteiger partial charge in [0.1, 0.15) is 5.76 Å². The van der Waals surface area contributed by atoms with Gasteiger partial charge < -0.3 is 15.1 Å². The molecule has 4 amide bonds. The van der Waals surface area contributed by atoms with Gasteiger partial charge in [-0.2, -0.15) is 0 Å². The minimum Gasteiger partial charge on any atom is -0.467 e. The van der Waals surface area contributed by atoms with Gasteiger partial charge in [0.25, 0.3) is 0 Å². The summed E-state index contributed by atoms with van der Waals surface area (Å²) >= 11 is 0. The summed E-state index contributed by atoms with van der Waals surface area (Å²) in [7, 11) is 0. The predicted octanol–water partition coefficient (Wildman–Crippen LogP) is 0.311. The topological polar surface area (TPSA) is 130 Å². The van der Waals surface area contributed by atoms with Crippen LogP contribution in [0.4, 0.5) is 0 Å². The lowest BCUT2D eigenvalue weighted by atomic mass is 10.0.